The molecule has 5 aromatic rings. The fourth-order valence-electron chi connectivity index (χ4n) is 5.78. The van der Waals surface area contributed by atoms with Gasteiger partial charge in [-0.1, -0.05) is 88.4 Å². The van der Waals surface area contributed by atoms with Crippen molar-refractivity contribution < 1.29 is 9.59 Å². The van der Waals surface area contributed by atoms with E-state index >= 15 is 0 Å². The van der Waals surface area contributed by atoms with E-state index in [-0.39, 0.29) is 23.7 Å². The van der Waals surface area contributed by atoms with E-state index in [1.807, 2.05) is 109 Å². The summed E-state index contributed by atoms with van der Waals surface area (Å²) in [5.41, 5.74) is 4.93. The molecule has 44 heavy (non-hydrogen) atoms. The van der Waals surface area contributed by atoms with Gasteiger partial charge in [0.25, 0.3) is 11.8 Å². The minimum absolute atomic E-state index is 0.0539. The molecular weight excluding hydrogens is 676 g/mol. The van der Waals surface area contributed by atoms with Crippen LogP contribution in [0.2, 0.25) is 0 Å². The molecule has 2 amide bonds. The Balaban J connectivity index is 1.58. The van der Waals surface area contributed by atoms with Gasteiger partial charge in [0.1, 0.15) is 0 Å². The van der Waals surface area contributed by atoms with Crippen molar-refractivity contribution in [2.24, 2.45) is 11.8 Å². The van der Waals surface area contributed by atoms with Crippen molar-refractivity contribution in [1.29, 1.82) is 0 Å². The van der Waals surface area contributed by atoms with Gasteiger partial charge in [-0.05, 0) is 114 Å². The van der Waals surface area contributed by atoms with Gasteiger partial charge in [0, 0.05) is 33.4 Å². The summed E-state index contributed by atoms with van der Waals surface area (Å²) in [7, 11) is 0. The maximum atomic E-state index is 14.2. The number of anilines is 2. The quantitative estimate of drug-likeness (QED) is 0.161. The highest BCUT2D eigenvalue weighted by Gasteiger charge is 2.27. The number of benzene rings is 5. The average molecular weight is 715 g/mol. The van der Waals surface area contributed by atoms with Crippen LogP contribution < -0.4 is 9.80 Å². The van der Waals surface area contributed by atoms with E-state index in [0.29, 0.717) is 24.2 Å². The van der Waals surface area contributed by atoms with Gasteiger partial charge >= 0.3 is 0 Å². The second-order valence-corrected chi connectivity index (χ2v) is 13.9. The number of halogens is 2. The first kappa shape index (κ1) is 31.9. The molecule has 5 rings (SSSR count). The lowest BCUT2D eigenvalue weighted by Crippen LogP contribution is -2.37. The van der Waals surface area contributed by atoms with Gasteiger partial charge in [-0.25, -0.2) is 0 Å². The summed E-state index contributed by atoms with van der Waals surface area (Å²) in [6.45, 7) is 13.7. The zero-order valence-corrected chi connectivity index (χ0v) is 29.3. The fraction of sp³-hybridized carbons (Fsp3) is 0.263. The molecule has 5 aromatic carbocycles. The number of fused-ring (bicyclic) bond motifs is 2. The average Bonchev–Trinajstić information content (AvgIpc) is 3.00. The van der Waals surface area contributed by atoms with Gasteiger partial charge in [-0.15, -0.1) is 0 Å². The van der Waals surface area contributed by atoms with Crippen LogP contribution in [-0.4, -0.2) is 24.9 Å². The molecule has 0 aliphatic carbocycles. The van der Waals surface area contributed by atoms with Crippen molar-refractivity contribution in [3.05, 3.63) is 116 Å². The van der Waals surface area contributed by atoms with Crippen molar-refractivity contribution in [2.75, 3.05) is 22.9 Å². The van der Waals surface area contributed by atoms with Gasteiger partial charge in [-0.3, -0.25) is 9.59 Å². The van der Waals surface area contributed by atoms with Crippen molar-refractivity contribution in [3.63, 3.8) is 0 Å². The van der Waals surface area contributed by atoms with Crippen LogP contribution in [0.5, 0.6) is 0 Å². The number of carbonyl (C=O) groups is 2. The van der Waals surface area contributed by atoms with E-state index in [2.05, 4.69) is 59.6 Å². The van der Waals surface area contributed by atoms with Gasteiger partial charge in [0.15, 0.2) is 0 Å². The Hall–Kier alpha value is -3.48. The van der Waals surface area contributed by atoms with Crippen LogP contribution in [0.15, 0.2) is 93.9 Å². The SMILES string of the molecule is Cc1c(N(CC(C)C)C(=O)c2ccc3ccccc3c2Br)ccc(N(CC(C)C)C(=O)c2ccc3ccccc3c2Br)c1C. The minimum atomic E-state index is -0.0539. The van der Waals surface area contributed by atoms with Crippen LogP contribution in [-0.2, 0) is 0 Å². The Morgan fingerprint density at radius 2 is 0.932 bits per heavy atom. The zero-order valence-electron chi connectivity index (χ0n) is 26.1. The Kier molecular flexibility index (Phi) is 9.62. The minimum Gasteiger partial charge on any atom is -0.308 e. The van der Waals surface area contributed by atoms with E-state index in [1.54, 1.807) is 0 Å². The second kappa shape index (κ2) is 13.3. The van der Waals surface area contributed by atoms with E-state index in [0.717, 1.165) is 53.0 Å². The Labute approximate surface area is 277 Å². The van der Waals surface area contributed by atoms with Crippen LogP contribution in [0.25, 0.3) is 21.5 Å². The summed E-state index contributed by atoms with van der Waals surface area (Å²) in [6, 6.07) is 28.0. The highest BCUT2D eigenvalue weighted by molar-refractivity contribution is 9.11. The van der Waals surface area contributed by atoms with Gasteiger partial charge in [0.05, 0.1) is 11.1 Å². The van der Waals surface area contributed by atoms with E-state index in [1.165, 1.54) is 0 Å². The highest BCUT2D eigenvalue weighted by Crippen LogP contribution is 2.36. The predicted octanol–water partition coefficient (Wildman–Crippen LogP) is 10.7. The summed E-state index contributed by atoms with van der Waals surface area (Å²) >= 11 is 7.48. The third-order valence-corrected chi connectivity index (χ3v) is 9.79. The smallest absolute Gasteiger partial charge is 0.259 e. The summed E-state index contributed by atoms with van der Waals surface area (Å²) in [5.74, 6) is 0.396. The zero-order chi connectivity index (χ0) is 31.7. The molecule has 4 nitrogen and oxygen atoms in total. The summed E-state index contributed by atoms with van der Waals surface area (Å²) in [6.07, 6.45) is 0. The maximum Gasteiger partial charge on any atom is 0.259 e. The number of carbonyl (C=O) groups excluding carboxylic acids is 2. The van der Waals surface area contributed by atoms with Gasteiger partial charge < -0.3 is 9.80 Å². The van der Waals surface area contributed by atoms with Crippen LogP contribution in [0.3, 0.4) is 0 Å². The first-order valence-electron chi connectivity index (χ1n) is 15.1. The molecule has 6 heteroatoms. The molecule has 0 radical (unpaired) electrons. The molecular formula is C38H38Br2N2O2. The molecule has 0 spiro atoms. The van der Waals surface area contributed by atoms with Crippen LogP contribution in [0.1, 0.15) is 59.5 Å². The number of hydrogen-bond donors (Lipinski definition) is 0. The monoisotopic (exact) mass is 712 g/mol. The largest absolute Gasteiger partial charge is 0.308 e. The number of rotatable bonds is 8. The first-order valence-corrected chi connectivity index (χ1v) is 16.7. The molecule has 0 bridgehead atoms. The second-order valence-electron chi connectivity index (χ2n) is 12.3. The van der Waals surface area contributed by atoms with Gasteiger partial charge in [-0.2, -0.15) is 0 Å². The van der Waals surface area contributed by atoms with Crippen molar-refractivity contribution >= 4 is 76.6 Å². The van der Waals surface area contributed by atoms with Crippen molar-refractivity contribution in [3.8, 4) is 0 Å². The van der Waals surface area contributed by atoms with Crippen molar-refractivity contribution in [2.45, 2.75) is 41.5 Å². The van der Waals surface area contributed by atoms with Crippen LogP contribution >= 0.6 is 31.9 Å². The third kappa shape index (κ3) is 6.20. The molecule has 0 aliphatic heterocycles. The van der Waals surface area contributed by atoms with Crippen LogP contribution in [0.4, 0.5) is 11.4 Å². The van der Waals surface area contributed by atoms with Gasteiger partial charge in [0.2, 0.25) is 0 Å². The fourth-order valence-corrected chi connectivity index (χ4v) is 7.10. The van der Waals surface area contributed by atoms with E-state index in [9.17, 15) is 9.59 Å². The Morgan fingerprint density at radius 1 is 0.568 bits per heavy atom. The summed E-state index contributed by atoms with van der Waals surface area (Å²) in [5, 5.41) is 4.17. The third-order valence-electron chi connectivity index (χ3n) is 8.08. The summed E-state index contributed by atoms with van der Waals surface area (Å²) < 4.78 is 1.60. The Morgan fingerprint density at radius 3 is 1.30 bits per heavy atom. The van der Waals surface area contributed by atoms with Crippen molar-refractivity contribution in [1.82, 2.24) is 0 Å². The molecule has 0 atom stereocenters. The number of nitrogens with zero attached hydrogens (tertiary/aromatic N) is 2. The standard InChI is InChI=1S/C38H38Br2N2O2/c1-23(2)21-41(37(43)31-17-15-27-11-7-9-13-29(27)35(31)39)33-19-20-34(26(6)25(33)5)42(22-24(3)4)38(44)32-18-16-28-12-8-10-14-30(28)36(32)40/h7-20,23-24H,21-22H2,1-6H3. The lowest BCUT2D eigenvalue weighted by Gasteiger charge is -2.31. The summed E-state index contributed by atoms with van der Waals surface area (Å²) in [4.78, 5) is 32.3. The highest BCUT2D eigenvalue weighted by atomic mass is 79.9. The molecule has 0 fully saturated rings. The van der Waals surface area contributed by atoms with E-state index in [4.69, 9.17) is 0 Å². The van der Waals surface area contributed by atoms with E-state index < -0.39 is 0 Å². The molecule has 226 valence electrons. The topological polar surface area (TPSA) is 40.6 Å². The molecule has 0 saturated heterocycles. The number of amides is 2. The lowest BCUT2D eigenvalue weighted by atomic mass is 10.00. The predicted molar refractivity (Wildman–Crippen MR) is 192 cm³/mol. The molecule has 0 aliphatic rings. The molecule has 0 unspecified atom stereocenters. The molecule has 0 saturated carbocycles. The Bertz CT molecular complexity index is 1740. The first-order chi connectivity index (χ1) is 21.0. The molecule has 0 heterocycles. The number of hydrogen-bond acceptors (Lipinski definition) is 2. The normalized spacial score (nSPS) is 11.5. The molecule has 0 aromatic heterocycles. The van der Waals surface area contributed by atoms with Crippen LogP contribution in [0, 0.1) is 25.7 Å². The lowest BCUT2D eigenvalue weighted by molar-refractivity contribution is 0.0975. The maximum absolute atomic E-state index is 14.2. The molecule has 0 N–H and O–H groups in total.